The number of hydrogen-bond acceptors (Lipinski definition) is 6. The second kappa shape index (κ2) is 10.2. The van der Waals surface area contributed by atoms with Gasteiger partial charge in [-0.2, -0.15) is 0 Å². The van der Waals surface area contributed by atoms with Crippen molar-refractivity contribution in [1.82, 2.24) is 14.9 Å². The van der Waals surface area contributed by atoms with E-state index in [9.17, 15) is 4.79 Å². The second-order valence-corrected chi connectivity index (χ2v) is 8.08. The van der Waals surface area contributed by atoms with Crippen LogP contribution in [0.3, 0.4) is 0 Å². The maximum absolute atomic E-state index is 12.6. The number of amides is 1. The highest BCUT2D eigenvalue weighted by Gasteiger charge is 2.20. The van der Waals surface area contributed by atoms with E-state index in [1.807, 2.05) is 43.3 Å². The fourth-order valence-corrected chi connectivity index (χ4v) is 3.74. The third kappa shape index (κ3) is 5.82. The molecule has 2 aromatic carbocycles. The summed E-state index contributed by atoms with van der Waals surface area (Å²) in [6.07, 6.45) is 0.852. The van der Waals surface area contributed by atoms with Crippen LogP contribution in [0.2, 0.25) is 0 Å². The third-order valence-corrected chi connectivity index (χ3v) is 5.52. The Morgan fingerprint density at radius 3 is 2.56 bits per heavy atom. The molecule has 0 aliphatic carbocycles. The molecule has 7 heteroatoms. The molecule has 1 fully saturated rings. The molecule has 0 spiro atoms. The smallest absolute Gasteiger partial charge is 0.266 e. The zero-order chi connectivity index (χ0) is 22.3. The molecule has 4 rings (SSSR count). The number of piperazine rings is 1. The highest BCUT2D eigenvalue weighted by atomic mass is 16.5. The lowest BCUT2D eigenvalue weighted by Gasteiger charge is -2.35. The van der Waals surface area contributed by atoms with Crippen molar-refractivity contribution in [2.24, 2.45) is 0 Å². The van der Waals surface area contributed by atoms with Crippen molar-refractivity contribution in [3.8, 4) is 5.75 Å². The molecule has 7 nitrogen and oxygen atoms in total. The Bertz CT molecular complexity index is 1040. The molecule has 1 aliphatic heterocycles. The number of carbonyl (C=O) groups excluding carboxylic acids is 1. The molecule has 0 bridgehead atoms. The van der Waals surface area contributed by atoms with Crippen molar-refractivity contribution >= 4 is 17.5 Å². The molecular weight excluding hydrogens is 402 g/mol. The van der Waals surface area contributed by atoms with E-state index in [1.165, 1.54) is 11.9 Å². The average Bonchev–Trinajstić information content (AvgIpc) is 2.80. The molecule has 32 heavy (non-hydrogen) atoms. The van der Waals surface area contributed by atoms with E-state index < -0.39 is 6.10 Å². The highest BCUT2D eigenvalue weighted by Crippen LogP contribution is 2.18. The van der Waals surface area contributed by atoms with Crippen LogP contribution in [0.1, 0.15) is 18.1 Å². The Kier molecular flexibility index (Phi) is 6.97. The first-order valence-electron chi connectivity index (χ1n) is 10.9. The van der Waals surface area contributed by atoms with Crippen LogP contribution in [0.25, 0.3) is 0 Å². The van der Waals surface area contributed by atoms with Gasteiger partial charge in [-0.1, -0.05) is 42.5 Å². The molecule has 1 atom stereocenters. The van der Waals surface area contributed by atoms with Gasteiger partial charge in [0, 0.05) is 38.8 Å². The Morgan fingerprint density at radius 1 is 1.03 bits per heavy atom. The molecule has 0 saturated carbocycles. The number of nitrogens with one attached hydrogen (secondary N) is 1. The van der Waals surface area contributed by atoms with Crippen LogP contribution in [-0.2, 0) is 11.3 Å². The lowest BCUT2D eigenvalue weighted by molar-refractivity contribution is -0.122. The SMILES string of the molecule is Cc1cccc(OC(C)C(=O)Nc2cc(N3CCN(Cc4ccccc4)CC3)ncn2)c1. The van der Waals surface area contributed by atoms with Crippen LogP contribution in [0.4, 0.5) is 11.6 Å². The van der Waals surface area contributed by atoms with Crippen molar-refractivity contribution in [3.05, 3.63) is 78.1 Å². The minimum atomic E-state index is -0.642. The Balaban J connectivity index is 1.31. The monoisotopic (exact) mass is 431 g/mol. The summed E-state index contributed by atoms with van der Waals surface area (Å²) in [4.78, 5) is 25.9. The Labute approximate surface area is 189 Å². The van der Waals surface area contributed by atoms with Gasteiger partial charge in [-0.25, -0.2) is 9.97 Å². The van der Waals surface area contributed by atoms with Gasteiger partial charge in [0.2, 0.25) is 0 Å². The normalized spacial score (nSPS) is 15.2. The molecule has 1 saturated heterocycles. The van der Waals surface area contributed by atoms with E-state index in [0.717, 1.165) is 44.1 Å². The standard InChI is InChI=1S/C25H29N5O2/c1-19-7-6-10-22(15-19)32-20(2)25(31)28-23-16-24(27-18-26-23)30-13-11-29(12-14-30)17-21-8-4-3-5-9-21/h3-10,15-16,18,20H,11-14,17H2,1-2H3,(H,26,27,28,31). The molecule has 0 radical (unpaired) electrons. The number of anilines is 2. The first-order valence-corrected chi connectivity index (χ1v) is 10.9. The molecule has 1 amide bonds. The average molecular weight is 432 g/mol. The number of hydrogen-bond donors (Lipinski definition) is 1. The van der Waals surface area contributed by atoms with E-state index in [0.29, 0.717) is 11.6 Å². The van der Waals surface area contributed by atoms with Crippen LogP contribution < -0.4 is 15.0 Å². The fraction of sp³-hybridized carbons (Fsp3) is 0.320. The number of aryl methyl sites for hydroxylation is 1. The third-order valence-electron chi connectivity index (χ3n) is 5.52. The summed E-state index contributed by atoms with van der Waals surface area (Å²) >= 11 is 0. The highest BCUT2D eigenvalue weighted by molar-refractivity contribution is 5.93. The van der Waals surface area contributed by atoms with Gasteiger partial charge in [-0.3, -0.25) is 9.69 Å². The summed E-state index contributed by atoms with van der Waals surface area (Å²) in [5.41, 5.74) is 2.41. The van der Waals surface area contributed by atoms with Gasteiger partial charge < -0.3 is 15.0 Å². The lowest BCUT2D eigenvalue weighted by Crippen LogP contribution is -2.46. The maximum Gasteiger partial charge on any atom is 0.266 e. The number of benzene rings is 2. The predicted molar refractivity (Wildman–Crippen MR) is 126 cm³/mol. The summed E-state index contributed by atoms with van der Waals surface area (Å²) in [6, 6.07) is 20.0. The van der Waals surface area contributed by atoms with E-state index in [-0.39, 0.29) is 5.91 Å². The van der Waals surface area contributed by atoms with Gasteiger partial charge in [0.15, 0.2) is 6.10 Å². The van der Waals surface area contributed by atoms with Gasteiger partial charge in [0.05, 0.1) is 0 Å². The minimum Gasteiger partial charge on any atom is -0.481 e. The first kappa shape index (κ1) is 21.8. The Morgan fingerprint density at radius 2 is 1.81 bits per heavy atom. The molecule has 1 unspecified atom stereocenters. The van der Waals surface area contributed by atoms with Gasteiger partial charge >= 0.3 is 0 Å². The van der Waals surface area contributed by atoms with Gasteiger partial charge in [0.1, 0.15) is 23.7 Å². The van der Waals surface area contributed by atoms with Crippen molar-refractivity contribution < 1.29 is 9.53 Å². The summed E-state index contributed by atoms with van der Waals surface area (Å²) in [7, 11) is 0. The second-order valence-electron chi connectivity index (χ2n) is 8.08. The van der Waals surface area contributed by atoms with E-state index in [4.69, 9.17) is 4.74 Å². The summed E-state index contributed by atoms with van der Waals surface area (Å²) in [5.74, 6) is 1.72. The van der Waals surface area contributed by atoms with Crippen molar-refractivity contribution in [1.29, 1.82) is 0 Å². The molecular formula is C25H29N5O2. The fourth-order valence-electron chi connectivity index (χ4n) is 3.74. The predicted octanol–water partition coefficient (Wildman–Crippen LogP) is 3.51. The van der Waals surface area contributed by atoms with Gasteiger partial charge in [0.25, 0.3) is 5.91 Å². The Hall–Kier alpha value is -3.45. The molecule has 166 valence electrons. The number of ether oxygens (including phenoxy) is 1. The zero-order valence-corrected chi connectivity index (χ0v) is 18.6. The molecule has 2 heterocycles. The number of nitrogens with zero attached hydrogens (tertiary/aromatic N) is 4. The van der Waals surface area contributed by atoms with Gasteiger partial charge in [-0.15, -0.1) is 0 Å². The van der Waals surface area contributed by atoms with Crippen LogP contribution in [0, 0.1) is 6.92 Å². The van der Waals surface area contributed by atoms with E-state index in [2.05, 4.69) is 49.4 Å². The molecule has 3 aromatic rings. The molecule has 1 aliphatic rings. The summed E-state index contributed by atoms with van der Waals surface area (Å²) < 4.78 is 5.76. The summed E-state index contributed by atoms with van der Waals surface area (Å²) in [6.45, 7) is 8.35. The van der Waals surface area contributed by atoms with Crippen molar-refractivity contribution in [2.75, 3.05) is 36.4 Å². The van der Waals surface area contributed by atoms with Crippen molar-refractivity contribution in [2.45, 2.75) is 26.5 Å². The number of aromatic nitrogens is 2. The maximum atomic E-state index is 12.6. The van der Waals surface area contributed by atoms with E-state index >= 15 is 0 Å². The minimum absolute atomic E-state index is 0.246. The topological polar surface area (TPSA) is 70.6 Å². The van der Waals surface area contributed by atoms with Crippen molar-refractivity contribution in [3.63, 3.8) is 0 Å². The van der Waals surface area contributed by atoms with Crippen LogP contribution in [-0.4, -0.2) is 53.1 Å². The number of carbonyl (C=O) groups is 1. The quantitative estimate of drug-likeness (QED) is 0.617. The van der Waals surface area contributed by atoms with Crippen LogP contribution in [0.5, 0.6) is 5.75 Å². The van der Waals surface area contributed by atoms with E-state index in [1.54, 1.807) is 6.92 Å². The zero-order valence-electron chi connectivity index (χ0n) is 18.6. The summed E-state index contributed by atoms with van der Waals surface area (Å²) in [5, 5.41) is 2.85. The first-order chi connectivity index (χ1) is 15.6. The molecule has 1 aromatic heterocycles. The lowest BCUT2D eigenvalue weighted by atomic mass is 10.2. The largest absolute Gasteiger partial charge is 0.481 e. The van der Waals surface area contributed by atoms with Gasteiger partial charge in [-0.05, 0) is 37.1 Å². The van der Waals surface area contributed by atoms with Crippen LogP contribution in [0.15, 0.2) is 67.0 Å². The number of rotatable bonds is 7. The molecule has 1 N–H and O–H groups in total. The van der Waals surface area contributed by atoms with Crippen LogP contribution >= 0.6 is 0 Å².